The molecule has 2 rings (SSSR count). The van der Waals surface area contributed by atoms with Crippen molar-refractivity contribution in [3.63, 3.8) is 0 Å². The molecule has 0 bridgehead atoms. The van der Waals surface area contributed by atoms with E-state index in [9.17, 15) is 0 Å². The average molecular weight is 292 g/mol. The molecule has 110 valence electrons. The quantitative estimate of drug-likeness (QED) is 0.888. The van der Waals surface area contributed by atoms with E-state index < -0.39 is 0 Å². The minimum Gasteiger partial charge on any atom is -0.357 e. The summed E-state index contributed by atoms with van der Waals surface area (Å²) in [6.07, 6.45) is 1.07. The molecule has 2 aromatic rings. The minimum atomic E-state index is 0.444. The largest absolute Gasteiger partial charge is 0.357 e. The summed E-state index contributed by atoms with van der Waals surface area (Å²) < 4.78 is 1.99. The van der Waals surface area contributed by atoms with Crippen molar-refractivity contribution < 1.29 is 0 Å². The fourth-order valence-electron chi connectivity index (χ4n) is 2.58. The van der Waals surface area contributed by atoms with E-state index in [1.165, 1.54) is 16.3 Å². The molecule has 1 atom stereocenters. The van der Waals surface area contributed by atoms with Crippen LogP contribution in [0.2, 0.25) is 0 Å². The van der Waals surface area contributed by atoms with E-state index >= 15 is 0 Å². The number of thiophene rings is 1. The number of nitrogens with one attached hydrogen (secondary N) is 1. The van der Waals surface area contributed by atoms with Crippen LogP contribution in [0.1, 0.15) is 23.1 Å². The fraction of sp³-hybridized carbons (Fsp3) is 0.533. The van der Waals surface area contributed by atoms with Gasteiger partial charge >= 0.3 is 0 Å². The van der Waals surface area contributed by atoms with Crippen LogP contribution in [-0.4, -0.2) is 29.9 Å². The molecule has 0 aromatic carbocycles. The summed E-state index contributed by atoms with van der Waals surface area (Å²) in [4.78, 5) is 3.77. The Hall–Kier alpha value is -1.33. The van der Waals surface area contributed by atoms with Gasteiger partial charge in [-0.25, -0.2) is 0 Å². The van der Waals surface area contributed by atoms with Crippen molar-refractivity contribution in [1.29, 1.82) is 0 Å². The third-order valence-electron chi connectivity index (χ3n) is 3.74. The van der Waals surface area contributed by atoms with Gasteiger partial charge in [-0.15, -0.1) is 11.3 Å². The number of likely N-dealkylation sites (N-methyl/N-ethyl adjacent to an activating group) is 1. The molecule has 0 saturated carbocycles. The Kier molecular flexibility index (Phi) is 4.83. The van der Waals surface area contributed by atoms with Gasteiger partial charge in [0.05, 0.1) is 5.69 Å². The predicted molar refractivity (Wildman–Crippen MR) is 86.6 cm³/mol. The molecule has 1 N–H and O–H groups in total. The first-order valence-corrected chi connectivity index (χ1v) is 7.84. The Morgan fingerprint density at radius 1 is 1.50 bits per heavy atom. The molecule has 0 amide bonds. The molecular formula is C15H24N4S. The number of hydrogen-bond acceptors (Lipinski definition) is 4. The van der Waals surface area contributed by atoms with Gasteiger partial charge in [0.25, 0.3) is 0 Å². The first-order chi connectivity index (χ1) is 9.54. The van der Waals surface area contributed by atoms with Gasteiger partial charge in [0.2, 0.25) is 0 Å². The van der Waals surface area contributed by atoms with Crippen LogP contribution < -0.4 is 10.2 Å². The van der Waals surface area contributed by atoms with Crippen molar-refractivity contribution in [2.24, 2.45) is 7.05 Å². The zero-order valence-electron chi connectivity index (χ0n) is 13.0. The fourth-order valence-corrected chi connectivity index (χ4v) is 3.41. The maximum Gasteiger partial charge on any atom is 0.131 e. The molecule has 1 unspecified atom stereocenters. The molecule has 0 saturated heterocycles. The van der Waals surface area contributed by atoms with Gasteiger partial charge < -0.3 is 10.2 Å². The predicted octanol–water partition coefficient (Wildman–Crippen LogP) is 2.58. The van der Waals surface area contributed by atoms with E-state index in [0.717, 1.165) is 18.7 Å². The number of anilines is 1. The van der Waals surface area contributed by atoms with Crippen LogP contribution in [0.25, 0.3) is 0 Å². The van der Waals surface area contributed by atoms with Crippen LogP contribution in [0.15, 0.2) is 17.5 Å². The van der Waals surface area contributed by atoms with Gasteiger partial charge in [-0.3, -0.25) is 4.68 Å². The molecule has 0 radical (unpaired) electrons. The first-order valence-electron chi connectivity index (χ1n) is 6.96. The highest BCUT2D eigenvalue weighted by atomic mass is 32.1. The third kappa shape index (κ3) is 3.04. The van der Waals surface area contributed by atoms with Crippen LogP contribution in [0, 0.1) is 6.92 Å². The van der Waals surface area contributed by atoms with Gasteiger partial charge in [-0.1, -0.05) is 6.07 Å². The van der Waals surface area contributed by atoms with E-state index in [2.05, 4.69) is 53.7 Å². The molecule has 0 aliphatic carbocycles. The lowest BCUT2D eigenvalue weighted by molar-refractivity contribution is 0.641. The first kappa shape index (κ1) is 15.1. The SMILES string of the molecule is CNCc1c(C)nn(C)c1N(C)C(C)Cc1cccs1. The maximum atomic E-state index is 4.57. The van der Waals surface area contributed by atoms with E-state index in [0.29, 0.717) is 6.04 Å². The summed E-state index contributed by atoms with van der Waals surface area (Å²) in [5.74, 6) is 1.21. The van der Waals surface area contributed by atoms with E-state index in [1.807, 2.05) is 30.1 Å². The zero-order chi connectivity index (χ0) is 14.7. The molecule has 0 fully saturated rings. The molecule has 5 heteroatoms. The number of nitrogens with zero attached hydrogens (tertiary/aromatic N) is 3. The summed E-state index contributed by atoms with van der Waals surface area (Å²) in [5.41, 5.74) is 2.39. The number of hydrogen-bond donors (Lipinski definition) is 1. The maximum absolute atomic E-state index is 4.57. The number of aromatic nitrogens is 2. The van der Waals surface area contributed by atoms with E-state index in [1.54, 1.807) is 0 Å². The second-order valence-electron chi connectivity index (χ2n) is 5.28. The highest BCUT2D eigenvalue weighted by molar-refractivity contribution is 7.09. The smallest absolute Gasteiger partial charge is 0.131 e. The number of rotatable bonds is 6. The van der Waals surface area contributed by atoms with E-state index in [4.69, 9.17) is 0 Å². The van der Waals surface area contributed by atoms with Crippen molar-refractivity contribution in [2.45, 2.75) is 32.9 Å². The van der Waals surface area contributed by atoms with Gasteiger partial charge in [-0.2, -0.15) is 5.10 Å². The van der Waals surface area contributed by atoms with Gasteiger partial charge in [0.1, 0.15) is 5.82 Å². The lowest BCUT2D eigenvalue weighted by atomic mass is 10.1. The van der Waals surface area contributed by atoms with Crippen molar-refractivity contribution in [3.05, 3.63) is 33.6 Å². The van der Waals surface area contributed by atoms with Crippen molar-refractivity contribution >= 4 is 17.2 Å². The normalized spacial score (nSPS) is 12.7. The second-order valence-corrected chi connectivity index (χ2v) is 6.32. The molecule has 2 heterocycles. The zero-order valence-corrected chi connectivity index (χ0v) is 13.8. The lowest BCUT2D eigenvalue weighted by Crippen LogP contribution is -2.33. The van der Waals surface area contributed by atoms with E-state index in [-0.39, 0.29) is 0 Å². The lowest BCUT2D eigenvalue weighted by Gasteiger charge is -2.27. The van der Waals surface area contributed by atoms with Crippen molar-refractivity contribution in [3.8, 4) is 0 Å². The Morgan fingerprint density at radius 2 is 2.25 bits per heavy atom. The highest BCUT2D eigenvalue weighted by Crippen LogP contribution is 2.25. The molecular weight excluding hydrogens is 268 g/mol. The molecule has 4 nitrogen and oxygen atoms in total. The second kappa shape index (κ2) is 6.41. The van der Waals surface area contributed by atoms with Crippen LogP contribution in [0.3, 0.4) is 0 Å². The van der Waals surface area contributed by atoms with Crippen LogP contribution >= 0.6 is 11.3 Å². The monoisotopic (exact) mass is 292 g/mol. The molecule has 0 aliphatic rings. The summed E-state index contributed by atoms with van der Waals surface area (Å²) in [6, 6.07) is 4.77. The highest BCUT2D eigenvalue weighted by Gasteiger charge is 2.20. The number of aryl methyl sites for hydroxylation is 2. The molecule has 2 aromatic heterocycles. The van der Waals surface area contributed by atoms with Gasteiger partial charge in [-0.05, 0) is 32.3 Å². The van der Waals surface area contributed by atoms with Crippen LogP contribution in [0.5, 0.6) is 0 Å². The molecule has 20 heavy (non-hydrogen) atoms. The average Bonchev–Trinajstić information content (AvgIpc) is 2.98. The summed E-state index contributed by atoms with van der Waals surface area (Å²) >= 11 is 1.83. The summed E-state index contributed by atoms with van der Waals surface area (Å²) in [7, 11) is 6.16. The summed E-state index contributed by atoms with van der Waals surface area (Å²) in [5, 5.41) is 9.95. The summed E-state index contributed by atoms with van der Waals surface area (Å²) in [6.45, 7) is 5.20. The van der Waals surface area contributed by atoms with Crippen LogP contribution in [0.4, 0.5) is 5.82 Å². The Labute approximate surface area is 125 Å². The van der Waals surface area contributed by atoms with Crippen molar-refractivity contribution in [1.82, 2.24) is 15.1 Å². The molecule has 0 spiro atoms. The van der Waals surface area contributed by atoms with Crippen LogP contribution in [-0.2, 0) is 20.0 Å². The topological polar surface area (TPSA) is 33.1 Å². The third-order valence-corrected chi connectivity index (χ3v) is 4.64. The standard InChI is InChI=1S/C15H24N4S/c1-11(9-13-7-6-8-20-13)18(4)15-14(10-16-3)12(2)17-19(15)5/h6-8,11,16H,9-10H2,1-5H3. The van der Waals surface area contributed by atoms with Gasteiger partial charge in [0.15, 0.2) is 0 Å². The molecule has 0 aliphatic heterocycles. The van der Waals surface area contributed by atoms with Gasteiger partial charge in [0, 0.05) is 43.5 Å². The van der Waals surface area contributed by atoms with Crippen molar-refractivity contribution in [2.75, 3.05) is 19.0 Å². The Morgan fingerprint density at radius 3 is 2.85 bits per heavy atom. The Balaban J connectivity index is 2.21. The Bertz CT molecular complexity index is 544. The minimum absolute atomic E-state index is 0.444.